The number of halogens is 2. The summed E-state index contributed by atoms with van der Waals surface area (Å²) in [5.74, 6) is -1.63. The van der Waals surface area contributed by atoms with Gasteiger partial charge in [-0.05, 0) is 36.6 Å². The van der Waals surface area contributed by atoms with E-state index in [0.717, 1.165) is 0 Å². The summed E-state index contributed by atoms with van der Waals surface area (Å²) in [5, 5.41) is 0. The molecule has 0 spiro atoms. The van der Waals surface area contributed by atoms with Gasteiger partial charge < -0.3 is 10.5 Å². The fourth-order valence-corrected chi connectivity index (χ4v) is 1.48. The first-order valence-corrected chi connectivity index (χ1v) is 4.83. The lowest BCUT2D eigenvalue weighted by molar-refractivity contribution is 0.358. The summed E-state index contributed by atoms with van der Waals surface area (Å²) >= 11 is 0. The molecule has 1 atom stereocenters. The number of nitrogens with two attached hydrogens (primary N) is 1. The topological polar surface area (TPSA) is 35.2 Å². The molecule has 1 aromatic carbocycles. The molecular formula is C11H15F2NO. The second-order valence-electron chi connectivity index (χ2n) is 3.50. The molecule has 15 heavy (non-hydrogen) atoms. The van der Waals surface area contributed by atoms with Crippen LogP contribution in [0.25, 0.3) is 0 Å². The van der Waals surface area contributed by atoms with Crippen molar-refractivity contribution >= 4 is 0 Å². The van der Waals surface area contributed by atoms with E-state index >= 15 is 0 Å². The molecule has 0 aliphatic heterocycles. The third-order valence-electron chi connectivity index (χ3n) is 2.39. The minimum atomic E-state index is -0.670. The van der Waals surface area contributed by atoms with Crippen molar-refractivity contribution in [1.29, 1.82) is 0 Å². The number of ether oxygens (including phenoxy) is 1. The van der Waals surface area contributed by atoms with Crippen LogP contribution < -0.4 is 10.5 Å². The van der Waals surface area contributed by atoms with Crippen LogP contribution in [0.5, 0.6) is 5.75 Å². The van der Waals surface area contributed by atoms with E-state index in [0.29, 0.717) is 18.5 Å². The zero-order valence-electron chi connectivity index (χ0n) is 8.89. The van der Waals surface area contributed by atoms with Crippen molar-refractivity contribution in [2.24, 2.45) is 5.73 Å². The monoisotopic (exact) mass is 215 g/mol. The summed E-state index contributed by atoms with van der Waals surface area (Å²) < 4.78 is 31.2. The van der Waals surface area contributed by atoms with E-state index in [2.05, 4.69) is 4.74 Å². The Morgan fingerprint density at radius 2 is 1.87 bits per heavy atom. The van der Waals surface area contributed by atoms with Gasteiger partial charge in [0.15, 0.2) is 17.4 Å². The Hall–Kier alpha value is -1.16. The molecule has 1 unspecified atom stereocenters. The molecule has 0 aliphatic carbocycles. The molecule has 0 aromatic heterocycles. The van der Waals surface area contributed by atoms with Gasteiger partial charge >= 0.3 is 0 Å². The smallest absolute Gasteiger partial charge is 0.190 e. The predicted molar refractivity (Wildman–Crippen MR) is 55.0 cm³/mol. The van der Waals surface area contributed by atoms with Crippen LogP contribution in [-0.4, -0.2) is 13.7 Å². The fraction of sp³-hybridized carbons (Fsp3) is 0.455. The molecule has 0 saturated carbocycles. The molecule has 0 fully saturated rings. The summed E-state index contributed by atoms with van der Waals surface area (Å²) in [7, 11) is 1.24. The third-order valence-corrected chi connectivity index (χ3v) is 2.39. The van der Waals surface area contributed by atoms with E-state index in [1.807, 2.05) is 6.92 Å². The molecule has 0 bridgehead atoms. The highest BCUT2D eigenvalue weighted by atomic mass is 19.1. The lowest BCUT2D eigenvalue weighted by atomic mass is 9.97. The van der Waals surface area contributed by atoms with Gasteiger partial charge in [-0.2, -0.15) is 0 Å². The molecule has 0 amide bonds. The van der Waals surface area contributed by atoms with Gasteiger partial charge in [-0.3, -0.25) is 0 Å². The second-order valence-corrected chi connectivity index (χ2v) is 3.50. The highest BCUT2D eigenvalue weighted by molar-refractivity contribution is 5.32. The van der Waals surface area contributed by atoms with E-state index in [4.69, 9.17) is 5.73 Å². The van der Waals surface area contributed by atoms with Gasteiger partial charge in [0, 0.05) is 0 Å². The number of methoxy groups -OCH3 is 1. The normalized spacial score (nSPS) is 12.6. The average molecular weight is 215 g/mol. The Labute approximate surface area is 88.0 Å². The standard InChI is InChI=1S/C11H15F2NO/c1-7(3-4-14)8-5-9(12)11(15-2)10(13)6-8/h5-7H,3-4,14H2,1-2H3. The Kier molecular flexibility index (Phi) is 4.03. The lowest BCUT2D eigenvalue weighted by Gasteiger charge is -2.12. The van der Waals surface area contributed by atoms with Gasteiger partial charge in [-0.1, -0.05) is 6.92 Å². The van der Waals surface area contributed by atoms with Crippen LogP contribution in [0.3, 0.4) is 0 Å². The van der Waals surface area contributed by atoms with Crippen LogP contribution in [0.1, 0.15) is 24.8 Å². The molecule has 2 N–H and O–H groups in total. The van der Waals surface area contributed by atoms with E-state index in [1.165, 1.54) is 19.2 Å². The first-order chi connectivity index (χ1) is 7.10. The van der Waals surface area contributed by atoms with Gasteiger partial charge in [0.2, 0.25) is 0 Å². The average Bonchev–Trinajstić information content (AvgIpc) is 2.17. The first-order valence-electron chi connectivity index (χ1n) is 4.83. The molecule has 2 nitrogen and oxygen atoms in total. The molecule has 0 saturated heterocycles. The van der Waals surface area contributed by atoms with Crippen molar-refractivity contribution in [2.75, 3.05) is 13.7 Å². The van der Waals surface area contributed by atoms with E-state index < -0.39 is 11.6 Å². The van der Waals surface area contributed by atoms with Crippen molar-refractivity contribution in [1.82, 2.24) is 0 Å². The molecular weight excluding hydrogens is 200 g/mol. The van der Waals surface area contributed by atoms with Crippen molar-refractivity contribution in [3.8, 4) is 5.75 Å². The van der Waals surface area contributed by atoms with Crippen LogP contribution in [0.4, 0.5) is 8.78 Å². The molecule has 0 radical (unpaired) electrons. The van der Waals surface area contributed by atoms with Crippen LogP contribution in [0.15, 0.2) is 12.1 Å². The minimum Gasteiger partial charge on any atom is -0.491 e. The summed E-state index contributed by atoms with van der Waals surface area (Å²) in [6.45, 7) is 2.38. The SMILES string of the molecule is COc1c(F)cc(C(C)CCN)cc1F. The largest absolute Gasteiger partial charge is 0.491 e. The fourth-order valence-electron chi connectivity index (χ4n) is 1.48. The van der Waals surface area contributed by atoms with Crippen LogP contribution >= 0.6 is 0 Å². The lowest BCUT2D eigenvalue weighted by Crippen LogP contribution is -2.05. The number of benzene rings is 1. The molecule has 1 aromatic rings. The second kappa shape index (κ2) is 5.07. The van der Waals surface area contributed by atoms with Crippen molar-refractivity contribution < 1.29 is 13.5 Å². The van der Waals surface area contributed by atoms with Crippen LogP contribution in [-0.2, 0) is 0 Å². The van der Waals surface area contributed by atoms with Crippen molar-refractivity contribution in [2.45, 2.75) is 19.3 Å². The van der Waals surface area contributed by atoms with E-state index in [9.17, 15) is 8.78 Å². The van der Waals surface area contributed by atoms with Gasteiger partial charge in [-0.25, -0.2) is 8.78 Å². The Bertz CT molecular complexity index is 318. The van der Waals surface area contributed by atoms with Crippen molar-refractivity contribution in [3.63, 3.8) is 0 Å². The third kappa shape index (κ3) is 2.65. The van der Waals surface area contributed by atoms with Crippen molar-refractivity contribution in [3.05, 3.63) is 29.3 Å². The molecule has 0 heterocycles. The number of hydrogen-bond acceptors (Lipinski definition) is 2. The Morgan fingerprint density at radius 1 is 1.33 bits per heavy atom. The number of hydrogen-bond donors (Lipinski definition) is 1. The van der Waals surface area contributed by atoms with Crippen LogP contribution in [0, 0.1) is 11.6 Å². The molecule has 4 heteroatoms. The van der Waals surface area contributed by atoms with Gasteiger partial charge in [0.25, 0.3) is 0 Å². The summed E-state index contributed by atoms with van der Waals surface area (Å²) in [5.41, 5.74) is 5.99. The molecule has 84 valence electrons. The maximum absolute atomic E-state index is 13.3. The minimum absolute atomic E-state index is 0.0462. The van der Waals surface area contributed by atoms with Gasteiger partial charge in [0.1, 0.15) is 0 Å². The van der Waals surface area contributed by atoms with Gasteiger partial charge in [-0.15, -0.1) is 0 Å². The number of rotatable bonds is 4. The Balaban J connectivity index is 3.02. The Morgan fingerprint density at radius 3 is 2.27 bits per heavy atom. The highest BCUT2D eigenvalue weighted by Crippen LogP contribution is 2.27. The maximum Gasteiger partial charge on any atom is 0.190 e. The molecule has 0 aliphatic rings. The first kappa shape index (κ1) is 11.9. The van der Waals surface area contributed by atoms with Crippen LogP contribution in [0.2, 0.25) is 0 Å². The zero-order valence-corrected chi connectivity index (χ0v) is 8.89. The summed E-state index contributed by atoms with van der Waals surface area (Å²) in [4.78, 5) is 0. The van der Waals surface area contributed by atoms with E-state index in [1.54, 1.807) is 0 Å². The highest BCUT2D eigenvalue weighted by Gasteiger charge is 2.14. The van der Waals surface area contributed by atoms with E-state index in [-0.39, 0.29) is 11.7 Å². The summed E-state index contributed by atoms with van der Waals surface area (Å²) in [6.07, 6.45) is 0.700. The maximum atomic E-state index is 13.3. The quantitative estimate of drug-likeness (QED) is 0.837. The summed E-state index contributed by atoms with van der Waals surface area (Å²) in [6, 6.07) is 2.59. The molecule has 1 rings (SSSR count). The zero-order chi connectivity index (χ0) is 11.4. The predicted octanol–water partition coefficient (Wildman–Crippen LogP) is 2.43. The van der Waals surface area contributed by atoms with Gasteiger partial charge in [0.05, 0.1) is 7.11 Å².